The van der Waals surface area contributed by atoms with Crippen LogP contribution in [0.4, 0.5) is 0 Å². The summed E-state index contributed by atoms with van der Waals surface area (Å²) in [6.07, 6.45) is 4.58. The number of nitrogens with zero attached hydrogens (tertiary/aromatic N) is 2. The highest BCUT2D eigenvalue weighted by molar-refractivity contribution is 7.89. The molecule has 0 aromatic carbocycles. The average molecular weight is 259 g/mol. The van der Waals surface area contributed by atoms with Crippen LogP contribution in [0.3, 0.4) is 0 Å². The predicted molar refractivity (Wildman–Crippen MR) is 66.9 cm³/mol. The van der Waals surface area contributed by atoms with Crippen LogP contribution in [0, 0.1) is 11.3 Å². The van der Waals surface area contributed by atoms with Gasteiger partial charge in [0, 0.05) is 12.6 Å². The maximum atomic E-state index is 11.2. The summed E-state index contributed by atoms with van der Waals surface area (Å²) in [5, 5.41) is 8.32. The van der Waals surface area contributed by atoms with Crippen molar-refractivity contribution in [2.24, 2.45) is 0 Å². The van der Waals surface area contributed by atoms with E-state index in [2.05, 4.69) is 16.5 Å². The van der Waals surface area contributed by atoms with Crippen molar-refractivity contribution in [1.82, 2.24) is 9.62 Å². The molecule has 0 radical (unpaired) electrons. The minimum atomic E-state index is -3.38. The van der Waals surface area contributed by atoms with Crippen LogP contribution < -0.4 is 4.72 Å². The van der Waals surface area contributed by atoms with E-state index >= 15 is 0 Å². The minimum absolute atomic E-state index is 0.424. The molecule has 1 rings (SSSR count). The van der Waals surface area contributed by atoms with Gasteiger partial charge in [0.05, 0.1) is 6.07 Å². The lowest BCUT2D eigenvalue weighted by Crippen LogP contribution is -2.39. The number of nitrogens with one attached hydrogen (secondary N) is 1. The zero-order valence-electron chi connectivity index (χ0n) is 10.4. The molecule has 6 heteroatoms. The second-order valence-corrected chi connectivity index (χ2v) is 6.35. The molecule has 1 aliphatic rings. The van der Waals surface area contributed by atoms with E-state index in [4.69, 9.17) is 5.26 Å². The third-order valence-electron chi connectivity index (χ3n) is 3.14. The Bertz CT molecular complexity index is 361. The van der Waals surface area contributed by atoms with Crippen molar-refractivity contribution in [2.45, 2.75) is 38.6 Å². The standard InChI is InChI=1S/C11H21N3O2S/c1-11-5-2-3-8-14(11)9-4-7-13-17(15,16)10-6-12/h11,13H,2-5,7-10H2,1H3. The first-order valence-corrected chi connectivity index (χ1v) is 7.79. The van der Waals surface area contributed by atoms with Crippen LogP contribution >= 0.6 is 0 Å². The summed E-state index contributed by atoms with van der Waals surface area (Å²) in [6, 6.07) is 2.26. The Morgan fingerprint density at radius 3 is 2.88 bits per heavy atom. The molecular weight excluding hydrogens is 238 g/mol. The first kappa shape index (κ1) is 14.4. The highest BCUT2D eigenvalue weighted by atomic mass is 32.2. The fraction of sp³-hybridized carbons (Fsp3) is 0.909. The zero-order chi connectivity index (χ0) is 12.7. The van der Waals surface area contributed by atoms with Crippen molar-refractivity contribution >= 4 is 10.0 Å². The van der Waals surface area contributed by atoms with Gasteiger partial charge in [0.2, 0.25) is 10.0 Å². The lowest BCUT2D eigenvalue weighted by Gasteiger charge is -2.33. The molecule has 98 valence electrons. The van der Waals surface area contributed by atoms with E-state index in [1.807, 2.05) is 0 Å². The molecule has 0 aromatic rings. The van der Waals surface area contributed by atoms with Crippen LogP contribution in [-0.4, -0.2) is 44.7 Å². The van der Waals surface area contributed by atoms with E-state index in [1.54, 1.807) is 6.07 Å². The Labute approximate surface area is 104 Å². The summed E-state index contributed by atoms with van der Waals surface area (Å²) in [4.78, 5) is 2.40. The van der Waals surface area contributed by atoms with Gasteiger partial charge in [0.25, 0.3) is 0 Å². The van der Waals surface area contributed by atoms with Gasteiger partial charge in [-0.3, -0.25) is 0 Å². The lowest BCUT2D eigenvalue weighted by molar-refractivity contribution is 0.159. The summed E-state index contributed by atoms with van der Waals surface area (Å²) in [5.74, 6) is -0.451. The van der Waals surface area contributed by atoms with E-state index in [1.165, 1.54) is 19.3 Å². The zero-order valence-corrected chi connectivity index (χ0v) is 11.2. The van der Waals surface area contributed by atoms with Crippen molar-refractivity contribution in [3.05, 3.63) is 0 Å². The topological polar surface area (TPSA) is 73.2 Å². The van der Waals surface area contributed by atoms with Gasteiger partial charge >= 0.3 is 0 Å². The largest absolute Gasteiger partial charge is 0.301 e. The van der Waals surface area contributed by atoms with Crippen LogP contribution in [0.2, 0.25) is 0 Å². The molecule has 0 spiro atoms. The van der Waals surface area contributed by atoms with Crippen molar-refractivity contribution in [2.75, 3.05) is 25.4 Å². The molecule has 1 aliphatic heterocycles. The third kappa shape index (κ3) is 5.48. The molecule has 1 N–H and O–H groups in total. The van der Waals surface area contributed by atoms with E-state index in [0.29, 0.717) is 12.6 Å². The molecule has 1 heterocycles. The van der Waals surface area contributed by atoms with Gasteiger partial charge < -0.3 is 4.90 Å². The van der Waals surface area contributed by atoms with Gasteiger partial charge in [-0.15, -0.1) is 0 Å². The second kappa shape index (κ2) is 6.94. The Morgan fingerprint density at radius 1 is 1.47 bits per heavy atom. The fourth-order valence-electron chi connectivity index (χ4n) is 2.14. The predicted octanol–water partition coefficient (Wildman–Crippen LogP) is 0.694. The number of sulfonamides is 1. The van der Waals surface area contributed by atoms with Crippen molar-refractivity contribution < 1.29 is 8.42 Å². The second-order valence-electron chi connectivity index (χ2n) is 4.55. The molecule has 0 amide bonds. The normalized spacial score (nSPS) is 22.2. The molecule has 1 unspecified atom stereocenters. The highest BCUT2D eigenvalue weighted by Crippen LogP contribution is 2.15. The van der Waals surface area contributed by atoms with E-state index < -0.39 is 15.8 Å². The molecule has 5 nitrogen and oxygen atoms in total. The summed E-state index contributed by atoms with van der Waals surface area (Å²) in [6.45, 7) is 4.69. The minimum Gasteiger partial charge on any atom is -0.301 e. The average Bonchev–Trinajstić information content (AvgIpc) is 2.26. The Kier molecular flexibility index (Phi) is 5.89. The maximum absolute atomic E-state index is 11.2. The molecule has 17 heavy (non-hydrogen) atoms. The summed E-state index contributed by atoms with van der Waals surface area (Å²) in [5.41, 5.74) is 0. The molecular formula is C11H21N3O2S. The van der Waals surface area contributed by atoms with Gasteiger partial charge in [0.15, 0.2) is 5.75 Å². The first-order valence-electron chi connectivity index (χ1n) is 6.13. The van der Waals surface area contributed by atoms with Crippen LogP contribution in [0.15, 0.2) is 0 Å². The third-order valence-corrected chi connectivity index (χ3v) is 4.29. The van der Waals surface area contributed by atoms with E-state index in [9.17, 15) is 8.42 Å². The highest BCUT2D eigenvalue weighted by Gasteiger charge is 2.17. The van der Waals surface area contributed by atoms with E-state index in [0.717, 1.165) is 19.5 Å². The number of hydrogen-bond acceptors (Lipinski definition) is 4. The fourth-order valence-corrected chi connectivity index (χ4v) is 2.86. The monoisotopic (exact) mass is 259 g/mol. The Balaban J connectivity index is 2.18. The van der Waals surface area contributed by atoms with Crippen molar-refractivity contribution in [3.8, 4) is 6.07 Å². The number of piperidine rings is 1. The number of likely N-dealkylation sites (tertiary alicyclic amines) is 1. The first-order chi connectivity index (χ1) is 8.05. The molecule has 0 bridgehead atoms. The smallest absolute Gasteiger partial charge is 0.225 e. The molecule has 1 fully saturated rings. The Hall–Kier alpha value is -0.640. The van der Waals surface area contributed by atoms with Crippen molar-refractivity contribution in [3.63, 3.8) is 0 Å². The molecule has 0 aliphatic carbocycles. The number of nitriles is 1. The van der Waals surface area contributed by atoms with Gasteiger partial charge in [-0.2, -0.15) is 5.26 Å². The van der Waals surface area contributed by atoms with Gasteiger partial charge in [-0.25, -0.2) is 13.1 Å². The van der Waals surface area contributed by atoms with Gasteiger partial charge in [-0.05, 0) is 39.3 Å². The summed E-state index contributed by atoms with van der Waals surface area (Å²) in [7, 11) is -3.38. The summed E-state index contributed by atoms with van der Waals surface area (Å²) < 4.78 is 24.8. The van der Waals surface area contributed by atoms with Crippen molar-refractivity contribution in [1.29, 1.82) is 5.26 Å². The quantitative estimate of drug-likeness (QED) is 0.712. The van der Waals surface area contributed by atoms with Gasteiger partial charge in [-0.1, -0.05) is 6.42 Å². The lowest BCUT2D eigenvalue weighted by atomic mass is 10.0. The van der Waals surface area contributed by atoms with E-state index in [-0.39, 0.29) is 0 Å². The van der Waals surface area contributed by atoms with Crippen LogP contribution in [0.1, 0.15) is 32.6 Å². The molecule has 1 atom stereocenters. The van der Waals surface area contributed by atoms with Crippen LogP contribution in [0.5, 0.6) is 0 Å². The number of rotatable bonds is 6. The number of hydrogen-bond donors (Lipinski definition) is 1. The molecule has 1 saturated heterocycles. The molecule has 0 aromatic heterocycles. The molecule has 0 saturated carbocycles. The van der Waals surface area contributed by atoms with Gasteiger partial charge in [0.1, 0.15) is 0 Å². The maximum Gasteiger partial charge on any atom is 0.225 e. The van der Waals surface area contributed by atoms with Crippen LogP contribution in [-0.2, 0) is 10.0 Å². The SMILES string of the molecule is CC1CCCCN1CCCNS(=O)(=O)CC#N. The summed E-state index contributed by atoms with van der Waals surface area (Å²) >= 11 is 0. The van der Waals surface area contributed by atoms with Crippen LogP contribution in [0.25, 0.3) is 0 Å². The Morgan fingerprint density at radius 2 is 2.24 bits per heavy atom.